The monoisotopic (exact) mass is 518 g/mol. The molecule has 2 heterocycles. The molecule has 0 radical (unpaired) electrons. The van der Waals surface area contributed by atoms with Crippen LogP contribution in [0, 0.1) is 11.8 Å². The molecule has 1 atom stereocenters. The fourth-order valence-corrected chi connectivity index (χ4v) is 4.28. The number of aromatic nitrogens is 4. The number of carbonyl (C=O) groups is 2. The Balaban J connectivity index is 1.81. The molecular weight excluding hydrogens is 489 g/mol. The SMILES string of the molecule is CC(C)CC(=O)Nc1nc2nc(C(=O)O)nc(NC(C)C3CCC3)c2n1Cc1ccc(C(F)(F)F)cc1. The number of alkyl halides is 3. The van der Waals surface area contributed by atoms with Crippen LogP contribution in [0.1, 0.15) is 68.2 Å². The molecule has 1 aromatic carbocycles. The Morgan fingerprint density at radius 2 is 1.78 bits per heavy atom. The largest absolute Gasteiger partial charge is 0.475 e. The lowest BCUT2D eigenvalue weighted by atomic mass is 9.80. The average Bonchev–Trinajstić information content (AvgIpc) is 3.08. The van der Waals surface area contributed by atoms with E-state index in [-0.39, 0.29) is 48.2 Å². The van der Waals surface area contributed by atoms with E-state index in [4.69, 9.17) is 0 Å². The van der Waals surface area contributed by atoms with Gasteiger partial charge in [0.05, 0.1) is 12.1 Å². The molecule has 0 spiro atoms. The average molecular weight is 519 g/mol. The van der Waals surface area contributed by atoms with Crippen molar-refractivity contribution in [1.29, 1.82) is 0 Å². The predicted octanol–water partition coefficient (Wildman–Crippen LogP) is 5.18. The number of carboxylic acid groups (broad SMARTS) is 1. The molecule has 0 saturated heterocycles. The third kappa shape index (κ3) is 6.00. The van der Waals surface area contributed by atoms with Crippen LogP contribution in [0.3, 0.4) is 0 Å². The molecule has 1 amide bonds. The second-order valence-electron chi connectivity index (χ2n) is 9.86. The van der Waals surface area contributed by atoms with Gasteiger partial charge in [-0.25, -0.2) is 14.8 Å². The van der Waals surface area contributed by atoms with Crippen molar-refractivity contribution in [1.82, 2.24) is 19.5 Å². The zero-order valence-electron chi connectivity index (χ0n) is 20.8. The van der Waals surface area contributed by atoms with Crippen LogP contribution in [-0.4, -0.2) is 42.5 Å². The second-order valence-corrected chi connectivity index (χ2v) is 9.86. The third-order valence-corrected chi connectivity index (χ3v) is 6.48. The Bertz CT molecular complexity index is 1300. The van der Waals surface area contributed by atoms with Crippen LogP contribution in [0.25, 0.3) is 11.2 Å². The number of nitrogens with zero attached hydrogens (tertiary/aromatic N) is 4. The smallest absolute Gasteiger partial charge is 0.416 e. The van der Waals surface area contributed by atoms with Gasteiger partial charge in [0.2, 0.25) is 17.7 Å². The maximum Gasteiger partial charge on any atom is 0.416 e. The number of benzene rings is 1. The summed E-state index contributed by atoms with van der Waals surface area (Å²) < 4.78 is 40.8. The van der Waals surface area contributed by atoms with Gasteiger partial charge >= 0.3 is 12.1 Å². The molecule has 37 heavy (non-hydrogen) atoms. The molecule has 198 valence electrons. The number of hydrogen-bond donors (Lipinski definition) is 3. The quantitative estimate of drug-likeness (QED) is 0.357. The zero-order valence-corrected chi connectivity index (χ0v) is 20.8. The van der Waals surface area contributed by atoms with Crippen molar-refractivity contribution in [3.63, 3.8) is 0 Å². The van der Waals surface area contributed by atoms with Crippen molar-refractivity contribution >= 4 is 34.8 Å². The molecule has 4 rings (SSSR count). The third-order valence-electron chi connectivity index (χ3n) is 6.48. The van der Waals surface area contributed by atoms with Gasteiger partial charge in [-0.15, -0.1) is 0 Å². The topological polar surface area (TPSA) is 122 Å². The van der Waals surface area contributed by atoms with E-state index >= 15 is 0 Å². The first-order chi connectivity index (χ1) is 17.4. The second kappa shape index (κ2) is 10.3. The standard InChI is InChI=1S/C25H29F3N6O3/c1-13(2)11-18(35)30-24-33-21-19(34(24)12-15-7-9-17(10-8-15)25(26,27)28)20(31-22(32-21)23(36)37)29-14(3)16-5-4-6-16/h7-10,13-14,16H,4-6,11-12H2,1-3H3,(H,36,37)(H2,29,30,31,32,33,35). The summed E-state index contributed by atoms with van der Waals surface area (Å²) in [4.78, 5) is 37.0. The summed E-state index contributed by atoms with van der Waals surface area (Å²) in [5.41, 5.74) is 0.161. The first kappa shape index (κ1) is 26.4. The zero-order chi connectivity index (χ0) is 26.9. The number of rotatable bonds is 9. The Labute approximate surface area is 211 Å². The maximum absolute atomic E-state index is 13.1. The molecule has 1 aliphatic rings. The van der Waals surface area contributed by atoms with Crippen LogP contribution in [0.2, 0.25) is 0 Å². The van der Waals surface area contributed by atoms with E-state index in [2.05, 4.69) is 25.6 Å². The van der Waals surface area contributed by atoms with Gasteiger partial charge in [-0.1, -0.05) is 32.4 Å². The van der Waals surface area contributed by atoms with Gasteiger partial charge in [-0.2, -0.15) is 18.2 Å². The first-order valence-corrected chi connectivity index (χ1v) is 12.2. The molecule has 1 fully saturated rings. The van der Waals surface area contributed by atoms with Crippen LogP contribution < -0.4 is 10.6 Å². The highest BCUT2D eigenvalue weighted by molar-refractivity contribution is 5.95. The maximum atomic E-state index is 13.1. The van der Waals surface area contributed by atoms with Gasteiger partial charge in [0.15, 0.2) is 11.5 Å². The van der Waals surface area contributed by atoms with Gasteiger partial charge < -0.3 is 15.0 Å². The van der Waals surface area contributed by atoms with E-state index < -0.39 is 23.5 Å². The van der Waals surface area contributed by atoms with Gasteiger partial charge in [0.25, 0.3) is 0 Å². The minimum Gasteiger partial charge on any atom is -0.475 e. The lowest BCUT2D eigenvalue weighted by molar-refractivity contribution is -0.137. The number of imidazole rings is 1. The molecule has 9 nitrogen and oxygen atoms in total. The van der Waals surface area contributed by atoms with Crippen LogP contribution in [0.4, 0.5) is 24.9 Å². The number of anilines is 2. The Morgan fingerprint density at radius 1 is 1.11 bits per heavy atom. The van der Waals surface area contributed by atoms with Crippen molar-refractivity contribution < 1.29 is 27.9 Å². The van der Waals surface area contributed by atoms with Crippen molar-refractivity contribution in [2.45, 2.75) is 65.2 Å². The summed E-state index contributed by atoms with van der Waals surface area (Å²) in [6.07, 6.45) is -1.05. The summed E-state index contributed by atoms with van der Waals surface area (Å²) in [5, 5.41) is 15.6. The fraction of sp³-hybridized carbons (Fsp3) is 0.480. The van der Waals surface area contributed by atoms with Crippen molar-refractivity contribution in [2.75, 3.05) is 10.6 Å². The molecule has 0 aliphatic heterocycles. The molecule has 12 heteroatoms. The van der Waals surface area contributed by atoms with E-state index in [1.165, 1.54) is 12.1 Å². The minimum absolute atomic E-state index is 0.0121. The van der Waals surface area contributed by atoms with Crippen molar-refractivity contribution in [2.24, 2.45) is 11.8 Å². The lowest BCUT2D eigenvalue weighted by Gasteiger charge is -2.32. The normalized spacial score (nSPS) is 15.0. The van der Waals surface area contributed by atoms with Crippen molar-refractivity contribution in [3.05, 3.63) is 41.2 Å². The van der Waals surface area contributed by atoms with Crippen LogP contribution in [0.5, 0.6) is 0 Å². The summed E-state index contributed by atoms with van der Waals surface area (Å²) in [6, 6.07) is 4.67. The molecule has 0 bridgehead atoms. The number of carboxylic acids is 1. The van der Waals surface area contributed by atoms with E-state index in [9.17, 15) is 27.9 Å². The van der Waals surface area contributed by atoms with E-state index in [1.807, 2.05) is 20.8 Å². The summed E-state index contributed by atoms with van der Waals surface area (Å²) in [5.74, 6) is -1.26. The van der Waals surface area contributed by atoms with Crippen LogP contribution in [0.15, 0.2) is 24.3 Å². The first-order valence-electron chi connectivity index (χ1n) is 12.2. The number of halogens is 3. The van der Waals surface area contributed by atoms with Crippen LogP contribution in [-0.2, 0) is 17.5 Å². The Hall–Kier alpha value is -3.70. The van der Waals surface area contributed by atoms with E-state index in [0.717, 1.165) is 31.4 Å². The number of amides is 1. The van der Waals surface area contributed by atoms with E-state index in [1.54, 1.807) is 4.57 Å². The summed E-state index contributed by atoms with van der Waals surface area (Å²) in [6.45, 7) is 5.81. The number of carbonyl (C=O) groups excluding carboxylic acids is 1. The fourth-order valence-electron chi connectivity index (χ4n) is 4.28. The number of hydrogen-bond acceptors (Lipinski definition) is 6. The van der Waals surface area contributed by atoms with Crippen LogP contribution >= 0.6 is 0 Å². The van der Waals surface area contributed by atoms with Crippen molar-refractivity contribution in [3.8, 4) is 0 Å². The Morgan fingerprint density at radius 3 is 2.32 bits per heavy atom. The molecule has 3 aromatic rings. The molecule has 3 N–H and O–H groups in total. The molecular formula is C25H29F3N6O3. The van der Waals surface area contributed by atoms with Gasteiger partial charge in [0.1, 0.15) is 5.52 Å². The summed E-state index contributed by atoms with van der Waals surface area (Å²) in [7, 11) is 0. The summed E-state index contributed by atoms with van der Waals surface area (Å²) >= 11 is 0. The van der Waals surface area contributed by atoms with Gasteiger partial charge in [0, 0.05) is 12.5 Å². The minimum atomic E-state index is -4.47. The van der Waals surface area contributed by atoms with Gasteiger partial charge in [-0.3, -0.25) is 10.1 Å². The number of aromatic carboxylic acids is 1. The molecule has 2 aromatic heterocycles. The molecule has 1 aliphatic carbocycles. The molecule has 1 unspecified atom stereocenters. The Kier molecular flexibility index (Phi) is 7.37. The van der Waals surface area contributed by atoms with Gasteiger partial charge in [-0.05, 0) is 49.3 Å². The highest BCUT2D eigenvalue weighted by atomic mass is 19.4. The highest BCUT2D eigenvalue weighted by Gasteiger charge is 2.30. The highest BCUT2D eigenvalue weighted by Crippen LogP contribution is 2.34. The number of fused-ring (bicyclic) bond motifs is 1. The number of nitrogens with one attached hydrogen (secondary N) is 2. The lowest BCUT2D eigenvalue weighted by Crippen LogP contribution is -2.31. The predicted molar refractivity (Wildman–Crippen MR) is 131 cm³/mol. The molecule has 1 saturated carbocycles. The van der Waals surface area contributed by atoms with E-state index in [0.29, 0.717) is 17.0 Å².